The second-order valence-electron chi connectivity index (χ2n) is 4.61. The molecular formula is C15H18N2O3S. The van der Waals surface area contributed by atoms with E-state index in [1.165, 1.54) is 16.3 Å². The molecule has 2 aromatic rings. The Kier molecular flexibility index (Phi) is 4.90. The van der Waals surface area contributed by atoms with Crippen LogP contribution in [0.4, 0.5) is 0 Å². The first-order valence-electron chi connectivity index (χ1n) is 6.69. The van der Waals surface area contributed by atoms with E-state index in [4.69, 9.17) is 4.74 Å². The number of aromatic nitrogens is 2. The van der Waals surface area contributed by atoms with E-state index in [0.29, 0.717) is 16.1 Å². The number of aromatic hydroxyl groups is 1. The van der Waals surface area contributed by atoms with Gasteiger partial charge < -0.3 is 9.84 Å². The highest BCUT2D eigenvalue weighted by molar-refractivity contribution is 7.99. The van der Waals surface area contributed by atoms with E-state index in [1.807, 2.05) is 0 Å². The van der Waals surface area contributed by atoms with Crippen LogP contribution in [0.5, 0.6) is 11.6 Å². The van der Waals surface area contributed by atoms with E-state index in [1.54, 1.807) is 31.4 Å². The first-order valence-corrected chi connectivity index (χ1v) is 7.57. The molecule has 0 saturated carbocycles. The van der Waals surface area contributed by atoms with Crippen molar-refractivity contribution in [3.8, 4) is 17.3 Å². The molecule has 6 heteroatoms. The Morgan fingerprint density at radius 2 is 2.05 bits per heavy atom. The zero-order valence-corrected chi connectivity index (χ0v) is 13.1. The lowest BCUT2D eigenvalue weighted by molar-refractivity contribution is 0.414. The molecule has 0 spiro atoms. The summed E-state index contributed by atoms with van der Waals surface area (Å²) in [5.74, 6) is 0.463. The maximum Gasteiger partial charge on any atom is 0.262 e. The molecule has 5 nitrogen and oxygen atoms in total. The maximum atomic E-state index is 12.2. The monoisotopic (exact) mass is 306 g/mol. The molecular weight excluding hydrogens is 288 g/mol. The van der Waals surface area contributed by atoms with Crippen molar-refractivity contribution in [2.24, 2.45) is 0 Å². The molecule has 0 bridgehead atoms. The molecule has 2 rings (SSSR count). The lowest BCUT2D eigenvalue weighted by atomic mass is 10.3. The van der Waals surface area contributed by atoms with Crippen LogP contribution in [0.15, 0.2) is 40.3 Å². The first kappa shape index (κ1) is 15.4. The van der Waals surface area contributed by atoms with E-state index < -0.39 is 0 Å². The number of rotatable bonds is 5. The van der Waals surface area contributed by atoms with Crippen LogP contribution in [0.25, 0.3) is 5.69 Å². The summed E-state index contributed by atoms with van der Waals surface area (Å²) >= 11 is 1.46. The van der Waals surface area contributed by atoms with Crippen LogP contribution < -0.4 is 10.3 Å². The average Bonchev–Trinajstić information content (AvgIpc) is 2.47. The molecule has 21 heavy (non-hydrogen) atoms. The van der Waals surface area contributed by atoms with Gasteiger partial charge in [-0.05, 0) is 30.7 Å². The fraction of sp³-hybridized carbons (Fsp3) is 0.333. The van der Waals surface area contributed by atoms with Crippen LogP contribution in [0.3, 0.4) is 0 Å². The van der Waals surface area contributed by atoms with Gasteiger partial charge in [0.25, 0.3) is 5.56 Å². The minimum atomic E-state index is -0.307. The number of benzene rings is 1. The Balaban J connectivity index is 2.52. The Morgan fingerprint density at radius 3 is 2.62 bits per heavy atom. The number of ether oxygens (including phenoxy) is 1. The highest BCUT2D eigenvalue weighted by atomic mass is 32.2. The molecule has 0 saturated heterocycles. The summed E-state index contributed by atoms with van der Waals surface area (Å²) in [4.78, 5) is 16.3. The fourth-order valence-electron chi connectivity index (χ4n) is 1.76. The maximum absolute atomic E-state index is 12.2. The van der Waals surface area contributed by atoms with Crippen molar-refractivity contribution in [3.05, 3.63) is 40.7 Å². The Bertz CT molecular complexity index is 668. The molecule has 1 atom stereocenters. The number of methoxy groups -OCH3 is 1. The molecule has 1 unspecified atom stereocenters. The normalized spacial score (nSPS) is 12.1. The van der Waals surface area contributed by atoms with Gasteiger partial charge in [0.2, 0.25) is 5.88 Å². The summed E-state index contributed by atoms with van der Waals surface area (Å²) in [5, 5.41) is 10.4. The summed E-state index contributed by atoms with van der Waals surface area (Å²) in [5.41, 5.74) is 0.387. The van der Waals surface area contributed by atoms with Crippen LogP contribution in [0, 0.1) is 0 Å². The van der Waals surface area contributed by atoms with Crippen molar-refractivity contribution in [2.45, 2.75) is 30.7 Å². The average molecular weight is 306 g/mol. The van der Waals surface area contributed by atoms with Crippen LogP contribution in [-0.2, 0) is 0 Å². The van der Waals surface area contributed by atoms with Gasteiger partial charge in [0, 0.05) is 5.25 Å². The highest BCUT2D eigenvalue weighted by Crippen LogP contribution is 2.26. The standard InChI is InChI=1S/C15H18N2O3S/c1-4-10(2)21-15-16-13(18)9-14(19)17(15)11-5-7-12(20-3)8-6-11/h5-10,18H,4H2,1-3H3. The third kappa shape index (κ3) is 3.58. The predicted molar refractivity (Wildman–Crippen MR) is 83.7 cm³/mol. The molecule has 1 N–H and O–H groups in total. The second-order valence-corrected chi connectivity index (χ2v) is 6.01. The van der Waals surface area contributed by atoms with Crippen LogP contribution in [0.1, 0.15) is 20.3 Å². The molecule has 0 radical (unpaired) electrons. The van der Waals surface area contributed by atoms with Crippen molar-refractivity contribution in [2.75, 3.05) is 7.11 Å². The molecule has 1 aromatic carbocycles. The molecule has 0 fully saturated rings. The van der Waals surface area contributed by atoms with E-state index in [-0.39, 0.29) is 11.4 Å². The van der Waals surface area contributed by atoms with Gasteiger partial charge in [0.05, 0.1) is 18.9 Å². The van der Waals surface area contributed by atoms with Crippen LogP contribution >= 0.6 is 11.8 Å². The molecule has 0 aliphatic carbocycles. The lowest BCUT2D eigenvalue weighted by Gasteiger charge is -2.14. The van der Waals surface area contributed by atoms with E-state index >= 15 is 0 Å². The van der Waals surface area contributed by atoms with E-state index in [0.717, 1.165) is 18.2 Å². The van der Waals surface area contributed by atoms with Gasteiger partial charge in [-0.25, -0.2) is 0 Å². The number of hydrogen-bond acceptors (Lipinski definition) is 5. The van der Waals surface area contributed by atoms with Gasteiger partial charge in [-0.2, -0.15) is 4.98 Å². The van der Waals surface area contributed by atoms with Gasteiger partial charge in [0.15, 0.2) is 5.16 Å². The summed E-state index contributed by atoms with van der Waals surface area (Å²) in [6.07, 6.45) is 0.943. The highest BCUT2D eigenvalue weighted by Gasteiger charge is 2.13. The molecule has 112 valence electrons. The van der Waals surface area contributed by atoms with E-state index in [9.17, 15) is 9.90 Å². The molecule has 1 aromatic heterocycles. The predicted octanol–water partition coefficient (Wildman–Crippen LogP) is 2.84. The Hall–Kier alpha value is -1.95. The number of thioether (sulfide) groups is 1. The fourth-order valence-corrected chi connectivity index (χ4v) is 2.73. The van der Waals surface area contributed by atoms with Gasteiger partial charge in [-0.1, -0.05) is 25.6 Å². The van der Waals surface area contributed by atoms with Crippen molar-refractivity contribution in [1.82, 2.24) is 9.55 Å². The molecule has 0 aliphatic rings. The van der Waals surface area contributed by atoms with Crippen LogP contribution in [-0.4, -0.2) is 27.0 Å². The van der Waals surface area contributed by atoms with Crippen molar-refractivity contribution < 1.29 is 9.84 Å². The molecule has 0 aliphatic heterocycles. The third-order valence-corrected chi connectivity index (χ3v) is 4.31. The SMILES string of the molecule is CCC(C)Sc1nc(O)cc(=O)n1-c1ccc(OC)cc1. The zero-order chi connectivity index (χ0) is 15.4. The summed E-state index contributed by atoms with van der Waals surface area (Å²) in [6.45, 7) is 4.12. The smallest absolute Gasteiger partial charge is 0.262 e. The zero-order valence-electron chi connectivity index (χ0n) is 12.2. The van der Waals surface area contributed by atoms with Gasteiger partial charge in [-0.15, -0.1) is 0 Å². The Morgan fingerprint density at radius 1 is 1.38 bits per heavy atom. The summed E-state index contributed by atoms with van der Waals surface area (Å²) in [7, 11) is 1.59. The summed E-state index contributed by atoms with van der Waals surface area (Å²) < 4.78 is 6.61. The first-order chi connectivity index (χ1) is 10.0. The quantitative estimate of drug-likeness (QED) is 0.680. The molecule has 1 heterocycles. The van der Waals surface area contributed by atoms with E-state index in [2.05, 4.69) is 18.8 Å². The van der Waals surface area contributed by atoms with Crippen molar-refractivity contribution >= 4 is 11.8 Å². The van der Waals surface area contributed by atoms with Crippen molar-refractivity contribution in [1.29, 1.82) is 0 Å². The molecule has 0 amide bonds. The van der Waals surface area contributed by atoms with Gasteiger partial charge >= 0.3 is 0 Å². The lowest BCUT2D eigenvalue weighted by Crippen LogP contribution is -2.20. The Labute approximate surface area is 127 Å². The minimum Gasteiger partial charge on any atom is -0.497 e. The largest absolute Gasteiger partial charge is 0.497 e. The number of nitrogens with zero attached hydrogens (tertiary/aromatic N) is 2. The van der Waals surface area contributed by atoms with Crippen molar-refractivity contribution in [3.63, 3.8) is 0 Å². The minimum absolute atomic E-state index is 0.254. The van der Waals surface area contributed by atoms with Crippen LogP contribution in [0.2, 0.25) is 0 Å². The van der Waals surface area contributed by atoms with Gasteiger partial charge in [-0.3, -0.25) is 9.36 Å². The second kappa shape index (κ2) is 6.67. The topological polar surface area (TPSA) is 64.4 Å². The van der Waals surface area contributed by atoms with Gasteiger partial charge in [0.1, 0.15) is 5.75 Å². The summed E-state index contributed by atoms with van der Waals surface area (Å²) in [6, 6.07) is 8.27. The third-order valence-electron chi connectivity index (χ3n) is 3.09. The number of hydrogen-bond donors (Lipinski definition) is 1.